The predicted molar refractivity (Wildman–Crippen MR) is 86.4 cm³/mol. The minimum atomic E-state index is -0.178. The maximum absolute atomic E-state index is 12.0. The van der Waals surface area contributed by atoms with Crippen molar-refractivity contribution in [3.8, 4) is 0 Å². The van der Waals surface area contributed by atoms with Gasteiger partial charge in [0, 0.05) is 31.0 Å². The van der Waals surface area contributed by atoms with Gasteiger partial charge in [-0.2, -0.15) is 0 Å². The number of amides is 1. The lowest BCUT2D eigenvalue weighted by molar-refractivity contribution is -0.133. The van der Waals surface area contributed by atoms with Crippen LogP contribution in [-0.2, 0) is 11.3 Å². The van der Waals surface area contributed by atoms with E-state index in [1.54, 1.807) is 19.0 Å². The fourth-order valence-corrected chi connectivity index (χ4v) is 2.36. The zero-order chi connectivity index (χ0) is 15.6. The summed E-state index contributed by atoms with van der Waals surface area (Å²) in [4.78, 5) is 20.2. The number of hydrogen-bond acceptors (Lipinski definition) is 3. The molecule has 0 spiro atoms. The van der Waals surface area contributed by atoms with Crippen molar-refractivity contribution in [3.63, 3.8) is 0 Å². The van der Waals surface area contributed by atoms with E-state index in [0.717, 1.165) is 16.6 Å². The van der Waals surface area contributed by atoms with Gasteiger partial charge in [-0.05, 0) is 38.2 Å². The lowest BCUT2D eigenvalue weighted by Gasteiger charge is -2.26. The average Bonchev–Trinajstić information content (AvgIpc) is 2.45. The monoisotopic (exact) mass is 305 g/mol. The Labute approximate surface area is 130 Å². The number of nitrogens with zero attached hydrogens (tertiary/aromatic N) is 3. The molecule has 1 heterocycles. The number of hydrogen-bond donors (Lipinski definition) is 0. The molecule has 0 aliphatic carbocycles. The van der Waals surface area contributed by atoms with Crippen LogP contribution in [0.4, 0.5) is 0 Å². The van der Waals surface area contributed by atoms with Crippen molar-refractivity contribution >= 4 is 28.4 Å². The van der Waals surface area contributed by atoms with Crippen LogP contribution < -0.4 is 0 Å². The second-order valence-corrected chi connectivity index (χ2v) is 5.90. The van der Waals surface area contributed by atoms with E-state index >= 15 is 0 Å². The van der Waals surface area contributed by atoms with E-state index < -0.39 is 0 Å². The molecule has 0 bridgehead atoms. The highest BCUT2D eigenvalue weighted by Crippen LogP contribution is 2.18. The summed E-state index contributed by atoms with van der Waals surface area (Å²) in [5.41, 5.74) is 1.85. The molecule has 0 fully saturated rings. The smallest absolute Gasteiger partial charge is 0.239 e. The third kappa shape index (κ3) is 3.71. The van der Waals surface area contributed by atoms with Crippen LogP contribution in [0.1, 0.15) is 12.6 Å². The summed E-state index contributed by atoms with van der Waals surface area (Å²) in [6.45, 7) is 2.53. The van der Waals surface area contributed by atoms with Crippen LogP contribution in [0, 0.1) is 0 Å². The Morgan fingerprint density at radius 2 is 1.95 bits per heavy atom. The molecule has 0 N–H and O–H groups in total. The molecule has 1 aromatic heterocycles. The summed E-state index contributed by atoms with van der Waals surface area (Å²) in [7, 11) is 5.47. The molecule has 1 amide bonds. The Bertz CT molecular complexity index is 657. The van der Waals surface area contributed by atoms with Crippen molar-refractivity contribution in [2.45, 2.75) is 19.5 Å². The van der Waals surface area contributed by atoms with Crippen LogP contribution in [0.3, 0.4) is 0 Å². The highest BCUT2D eigenvalue weighted by molar-refractivity contribution is 6.31. The van der Waals surface area contributed by atoms with E-state index in [9.17, 15) is 4.79 Å². The highest BCUT2D eigenvalue weighted by atomic mass is 35.5. The number of carbonyl (C=O) groups is 1. The van der Waals surface area contributed by atoms with Crippen molar-refractivity contribution in [1.29, 1.82) is 0 Å². The molecular weight excluding hydrogens is 286 g/mol. The van der Waals surface area contributed by atoms with E-state index in [4.69, 9.17) is 11.6 Å². The Kier molecular flexibility index (Phi) is 4.80. The lowest BCUT2D eigenvalue weighted by atomic mass is 10.2. The topological polar surface area (TPSA) is 36.4 Å². The summed E-state index contributed by atoms with van der Waals surface area (Å²) >= 11 is 5.97. The van der Waals surface area contributed by atoms with Crippen molar-refractivity contribution in [3.05, 3.63) is 41.0 Å². The first-order valence-electron chi connectivity index (χ1n) is 6.85. The van der Waals surface area contributed by atoms with Crippen LogP contribution >= 0.6 is 11.6 Å². The highest BCUT2D eigenvalue weighted by Gasteiger charge is 2.19. The molecule has 0 saturated carbocycles. The Morgan fingerprint density at radius 3 is 2.62 bits per heavy atom. The number of fused-ring (bicyclic) bond motifs is 1. The molecule has 1 unspecified atom stereocenters. The van der Waals surface area contributed by atoms with Gasteiger partial charge in [-0.3, -0.25) is 14.7 Å². The third-order valence-electron chi connectivity index (χ3n) is 3.58. The maximum atomic E-state index is 12.0. The molecule has 1 aromatic carbocycles. The predicted octanol–water partition coefficient (Wildman–Crippen LogP) is 2.80. The van der Waals surface area contributed by atoms with Gasteiger partial charge in [0.1, 0.15) is 0 Å². The fraction of sp³-hybridized carbons (Fsp3) is 0.375. The molecule has 4 nitrogen and oxygen atoms in total. The lowest BCUT2D eigenvalue weighted by Crippen LogP contribution is -2.42. The Hall–Kier alpha value is -1.65. The first-order valence-corrected chi connectivity index (χ1v) is 7.23. The second kappa shape index (κ2) is 6.41. The van der Waals surface area contributed by atoms with Crippen LogP contribution in [-0.4, -0.2) is 47.9 Å². The number of carbonyl (C=O) groups excluding carboxylic acids is 1. The maximum Gasteiger partial charge on any atom is 0.239 e. The molecule has 0 aliphatic rings. The molecule has 0 aliphatic heterocycles. The van der Waals surface area contributed by atoms with E-state index in [1.807, 2.05) is 49.2 Å². The Morgan fingerprint density at radius 1 is 1.24 bits per heavy atom. The number of benzene rings is 1. The van der Waals surface area contributed by atoms with E-state index in [-0.39, 0.29) is 11.9 Å². The largest absolute Gasteiger partial charge is 0.347 e. The number of aromatic nitrogens is 1. The van der Waals surface area contributed by atoms with Crippen molar-refractivity contribution in [2.75, 3.05) is 21.1 Å². The molecule has 0 radical (unpaired) electrons. The van der Waals surface area contributed by atoms with E-state index in [1.165, 1.54) is 0 Å². The molecular formula is C16H20ClN3O. The van der Waals surface area contributed by atoms with Crippen LogP contribution in [0.5, 0.6) is 0 Å². The average molecular weight is 306 g/mol. The summed E-state index contributed by atoms with van der Waals surface area (Å²) in [6.07, 6.45) is 0. The summed E-state index contributed by atoms with van der Waals surface area (Å²) in [6, 6.07) is 9.45. The summed E-state index contributed by atoms with van der Waals surface area (Å²) in [5, 5.41) is 1.73. The van der Waals surface area contributed by atoms with Crippen molar-refractivity contribution in [2.24, 2.45) is 0 Å². The van der Waals surface area contributed by atoms with E-state index in [2.05, 4.69) is 4.98 Å². The van der Waals surface area contributed by atoms with Gasteiger partial charge in [0.15, 0.2) is 0 Å². The molecule has 2 rings (SSSR count). The zero-order valence-corrected chi connectivity index (χ0v) is 13.6. The van der Waals surface area contributed by atoms with Crippen LogP contribution in [0.2, 0.25) is 5.02 Å². The second-order valence-electron chi connectivity index (χ2n) is 5.46. The minimum Gasteiger partial charge on any atom is -0.347 e. The molecule has 21 heavy (non-hydrogen) atoms. The van der Waals surface area contributed by atoms with Gasteiger partial charge >= 0.3 is 0 Å². The van der Waals surface area contributed by atoms with Gasteiger partial charge in [0.05, 0.1) is 17.3 Å². The number of halogens is 1. The molecule has 0 saturated heterocycles. The summed E-state index contributed by atoms with van der Waals surface area (Å²) in [5.74, 6) is 0.0880. The van der Waals surface area contributed by atoms with Gasteiger partial charge in [-0.25, -0.2) is 0 Å². The molecule has 112 valence electrons. The van der Waals surface area contributed by atoms with Gasteiger partial charge in [-0.1, -0.05) is 17.7 Å². The molecule has 5 heteroatoms. The van der Waals surface area contributed by atoms with Crippen molar-refractivity contribution in [1.82, 2.24) is 14.8 Å². The Balaban J connectivity index is 2.16. The third-order valence-corrected chi connectivity index (χ3v) is 3.81. The first-order chi connectivity index (χ1) is 9.88. The zero-order valence-electron chi connectivity index (χ0n) is 12.8. The normalized spacial score (nSPS) is 12.7. The number of likely N-dealkylation sites (N-methyl/N-ethyl adjacent to an activating group) is 2. The van der Waals surface area contributed by atoms with E-state index in [0.29, 0.717) is 11.6 Å². The number of pyridine rings is 1. The SMILES string of the molecule is CC(C(=O)N(C)C)N(C)Cc1ccc2cc(Cl)ccc2n1. The van der Waals surface area contributed by atoms with Gasteiger partial charge in [0.25, 0.3) is 0 Å². The quantitative estimate of drug-likeness (QED) is 0.871. The number of rotatable bonds is 4. The van der Waals surface area contributed by atoms with Gasteiger partial charge in [-0.15, -0.1) is 0 Å². The van der Waals surface area contributed by atoms with Gasteiger partial charge < -0.3 is 4.90 Å². The van der Waals surface area contributed by atoms with Crippen molar-refractivity contribution < 1.29 is 4.79 Å². The first kappa shape index (κ1) is 15.7. The molecule has 2 aromatic rings. The fourth-order valence-electron chi connectivity index (χ4n) is 2.18. The summed E-state index contributed by atoms with van der Waals surface area (Å²) < 4.78 is 0. The molecule has 1 atom stereocenters. The van der Waals surface area contributed by atoms with Crippen LogP contribution in [0.25, 0.3) is 10.9 Å². The van der Waals surface area contributed by atoms with Gasteiger partial charge in [0.2, 0.25) is 5.91 Å². The standard InChI is InChI=1S/C16H20ClN3O/c1-11(16(21)19(2)3)20(4)10-14-7-5-12-9-13(17)6-8-15(12)18-14/h5-9,11H,10H2,1-4H3. The van der Waals surface area contributed by atoms with Crippen LogP contribution in [0.15, 0.2) is 30.3 Å². The minimum absolute atomic E-state index is 0.0880.